The summed E-state index contributed by atoms with van der Waals surface area (Å²) in [4.78, 5) is 19.4. The summed E-state index contributed by atoms with van der Waals surface area (Å²) in [5, 5.41) is 7.80. The molecular formula is C22H21ClF3N5O2. The Bertz CT molecular complexity index is 1270. The third-order valence-electron chi connectivity index (χ3n) is 6.30. The van der Waals surface area contributed by atoms with Crippen LogP contribution in [0.4, 0.5) is 13.2 Å². The van der Waals surface area contributed by atoms with Crippen LogP contribution in [0.15, 0.2) is 24.3 Å². The minimum absolute atomic E-state index is 0.0819. The molecule has 0 saturated carbocycles. The number of benzene rings is 1. The van der Waals surface area contributed by atoms with Crippen LogP contribution >= 0.6 is 11.6 Å². The van der Waals surface area contributed by atoms with Gasteiger partial charge in [0.15, 0.2) is 5.65 Å². The van der Waals surface area contributed by atoms with E-state index >= 15 is 0 Å². The molecule has 1 N–H and O–H groups in total. The molecule has 11 heteroatoms. The highest BCUT2D eigenvalue weighted by molar-refractivity contribution is 6.31. The molecule has 2 aliphatic rings. The number of aromatic nitrogens is 3. The molecule has 1 fully saturated rings. The fraction of sp³-hybridized carbons (Fsp3) is 0.409. The Morgan fingerprint density at radius 1 is 1.24 bits per heavy atom. The van der Waals surface area contributed by atoms with Gasteiger partial charge in [-0.1, -0.05) is 23.7 Å². The van der Waals surface area contributed by atoms with Crippen LogP contribution in [-0.2, 0) is 13.1 Å². The number of ether oxygens (including phenoxy) is 1. The summed E-state index contributed by atoms with van der Waals surface area (Å²) in [5.41, 5.74) is 1.25. The lowest BCUT2D eigenvalue weighted by Crippen LogP contribution is -2.52. The molecule has 2 aromatic heterocycles. The van der Waals surface area contributed by atoms with Crippen molar-refractivity contribution in [2.75, 3.05) is 13.1 Å². The topological polar surface area (TPSA) is 71.8 Å². The molecule has 0 spiro atoms. The molecule has 4 heterocycles. The van der Waals surface area contributed by atoms with E-state index in [9.17, 15) is 18.0 Å². The van der Waals surface area contributed by atoms with E-state index in [0.29, 0.717) is 22.1 Å². The van der Waals surface area contributed by atoms with Gasteiger partial charge < -0.3 is 15.0 Å². The quantitative estimate of drug-likeness (QED) is 0.618. The predicted octanol–water partition coefficient (Wildman–Crippen LogP) is 3.83. The van der Waals surface area contributed by atoms with Crippen LogP contribution in [0.25, 0.3) is 5.65 Å². The van der Waals surface area contributed by atoms with Gasteiger partial charge in [0.25, 0.3) is 5.91 Å². The van der Waals surface area contributed by atoms with Crippen LogP contribution in [0.1, 0.15) is 39.4 Å². The van der Waals surface area contributed by atoms with Gasteiger partial charge in [0.05, 0.1) is 40.8 Å². The Labute approximate surface area is 192 Å². The molecule has 1 aromatic carbocycles. The molecule has 3 aromatic rings. The number of para-hydroxylation sites is 1. The van der Waals surface area contributed by atoms with E-state index in [1.54, 1.807) is 23.6 Å². The van der Waals surface area contributed by atoms with Gasteiger partial charge in [-0.25, -0.2) is 9.50 Å². The number of halogens is 4. The van der Waals surface area contributed by atoms with E-state index in [1.165, 1.54) is 17.0 Å². The van der Waals surface area contributed by atoms with Crippen molar-refractivity contribution in [3.05, 3.63) is 57.5 Å². The Kier molecular flexibility index (Phi) is 5.06. The minimum atomic E-state index is -4.58. The lowest BCUT2D eigenvalue weighted by Gasteiger charge is -2.32. The molecule has 7 nitrogen and oxygen atoms in total. The molecule has 33 heavy (non-hydrogen) atoms. The molecule has 5 rings (SSSR count). The molecule has 1 saturated heterocycles. The second-order valence-electron chi connectivity index (χ2n) is 8.44. The van der Waals surface area contributed by atoms with Crippen molar-refractivity contribution >= 4 is 23.2 Å². The van der Waals surface area contributed by atoms with E-state index < -0.39 is 17.7 Å². The van der Waals surface area contributed by atoms with Crippen LogP contribution in [0, 0.1) is 13.8 Å². The summed E-state index contributed by atoms with van der Waals surface area (Å²) in [6.45, 7) is 3.93. The molecular weight excluding hydrogens is 459 g/mol. The van der Waals surface area contributed by atoms with Gasteiger partial charge in [0, 0.05) is 18.5 Å². The van der Waals surface area contributed by atoms with Crippen molar-refractivity contribution < 1.29 is 22.7 Å². The smallest absolute Gasteiger partial charge is 0.429 e. The highest BCUT2D eigenvalue weighted by Crippen LogP contribution is 2.40. The average molecular weight is 480 g/mol. The van der Waals surface area contributed by atoms with E-state index in [0.717, 1.165) is 11.3 Å². The summed E-state index contributed by atoms with van der Waals surface area (Å²) in [7, 11) is 0. The number of amides is 1. The molecule has 174 valence electrons. The zero-order valence-electron chi connectivity index (χ0n) is 18.0. The number of carbonyl (C=O) groups excluding carboxylic acids is 1. The van der Waals surface area contributed by atoms with E-state index in [2.05, 4.69) is 15.4 Å². The number of aryl methyl sites for hydroxylation is 2. The van der Waals surface area contributed by atoms with Gasteiger partial charge in [0.1, 0.15) is 5.75 Å². The Balaban J connectivity index is 1.45. The highest BCUT2D eigenvalue weighted by atomic mass is 35.5. The maximum absolute atomic E-state index is 13.8. The number of fused-ring (bicyclic) bond motifs is 3. The van der Waals surface area contributed by atoms with E-state index in [4.69, 9.17) is 16.3 Å². The van der Waals surface area contributed by atoms with Crippen LogP contribution in [0.3, 0.4) is 0 Å². The number of rotatable bonds is 3. The van der Waals surface area contributed by atoms with Gasteiger partial charge in [-0.05, 0) is 32.5 Å². The monoisotopic (exact) mass is 479 g/mol. The first-order valence-corrected chi connectivity index (χ1v) is 10.9. The second kappa shape index (κ2) is 7.59. The maximum atomic E-state index is 13.8. The van der Waals surface area contributed by atoms with Gasteiger partial charge >= 0.3 is 6.18 Å². The number of carbonyl (C=O) groups is 1. The first-order valence-electron chi connectivity index (χ1n) is 10.5. The molecule has 0 aliphatic carbocycles. The molecule has 1 atom stereocenters. The molecule has 0 radical (unpaired) electrons. The summed E-state index contributed by atoms with van der Waals surface area (Å²) in [5.74, 6) is -0.508. The fourth-order valence-corrected chi connectivity index (χ4v) is 4.55. The van der Waals surface area contributed by atoms with Gasteiger partial charge in [0.2, 0.25) is 5.60 Å². The fourth-order valence-electron chi connectivity index (χ4n) is 4.43. The Hall–Kier alpha value is -2.85. The zero-order chi connectivity index (χ0) is 23.5. The number of alkyl halides is 3. The van der Waals surface area contributed by atoms with Gasteiger partial charge in [-0.3, -0.25) is 4.79 Å². The molecule has 0 bridgehead atoms. The first-order chi connectivity index (χ1) is 15.6. The molecule has 2 aliphatic heterocycles. The van der Waals surface area contributed by atoms with Crippen LogP contribution in [0.2, 0.25) is 5.02 Å². The van der Waals surface area contributed by atoms with Crippen LogP contribution in [0.5, 0.6) is 5.75 Å². The summed E-state index contributed by atoms with van der Waals surface area (Å²) >= 11 is 6.28. The number of nitrogens with one attached hydrogen (secondary N) is 1. The largest absolute Gasteiger partial charge is 0.476 e. The third-order valence-corrected chi connectivity index (χ3v) is 6.85. The van der Waals surface area contributed by atoms with Crippen molar-refractivity contribution in [1.29, 1.82) is 0 Å². The number of hydrogen-bond acceptors (Lipinski definition) is 5. The third kappa shape index (κ3) is 3.43. The Morgan fingerprint density at radius 3 is 2.70 bits per heavy atom. The summed E-state index contributed by atoms with van der Waals surface area (Å²) in [6, 6.07) is 6.06. The standard InChI is InChI=1S/C22H21ClF3N5O2/c1-12-18(23)13(2)31-19(28-12)15-9-30(10-16(15)29-31)20(32)14-5-3-4-6-17(14)33-21(22(24,25)26)7-8-27-11-21/h3-6,27H,7-11H2,1-2H3. The number of hydrogen-bond donors (Lipinski definition) is 1. The van der Waals surface area contributed by atoms with Crippen molar-refractivity contribution in [2.24, 2.45) is 0 Å². The molecule has 1 unspecified atom stereocenters. The van der Waals surface area contributed by atoms with Gasteiger partial charge in [-0.15, -0.1) is 0 Å². The lowest BCUT2D eigenvalue weighted by molar-refractivity contribution is -0.240. The first kappa shape index (κ1) is 22.0. The molecule has 1 amide bonds. The average Bonchev–Trinajstić information content (AvgIpc) is 3.48. The van der Waals surface area contributed by atoms with Crippen molar-refractivity contribution in [2.45, 2.75) is 45.1 Å². The van der Waals surface area contributed by atoms with Crippen molar-refractivity contribution in [1.82, 2.24) is 24.8 Å². The summed E-state index contributed by atoms with van der Waals surface area (Å²) < 4.78 is 48.7. The van der Waals surface area contributed by atoms with Crippen LogP contribution < -0.4 is 10.1 Å². The van der Waals surface area contributed by atoms with E-state index in [1.807, 2.05) is 6.92 Å². The second-order valence-corrected chi connectivity index (χ2v) is 8.81. The lowest BCUT2D eigenvalue weighted by atomic mass is 10.0. The van der Waals surface area contributed by atoms with E-state index in [-0.39, 0.29) is 43.9 Å². The SMILES string of the molecule is Cc1nc2c3c(nn2c(C)c1Cl)CN(C(=O)c1ccccc1OC1(C(F)(F)F)CCNC1)C3. The normalized spacial score (nSPS) is 20.5. The van der Waals surface area contributed by atoms with Gasteiger partial charge in [-0.2, -0.15) is 18.3 Å². The Morgan fingerprint density at radius 2 is 2.00 bits per heavy atom. The van der Waals surface area contributed by atoms with Crippen molar-refractivity contribution in [3.8, 4) is 5.75 Å². The highest BCUT2D eigenvalue weighted by Gasteiger charge is 2.59. The number of nitrogens with zero attached hydrogens (tertiary/aromatic N) is 4. The van der Waals surface area contributed by atoms with Crippen molar-refractivity contribution in [3.63, 3.8) is 0 Å². The maximum Gasteiger partial charge on any atom is 0.429 e. The van der Waals surface area contributed by atoms with Crippen LogP contribution in [-0.4, -0.2) is 50.3 Å². The predicted molar refractivity (Wildman–Crippen MR) is 114 cm³/mol. The summed E-state index contributed by atoms with van der Waals surface area (Å²) in [6.07, 6.45) is -4.80. The minimum Gasteiger partial charge on any atom is -0.476 e. The zero-order valence-corrected chi connectivity index (χ0v) is 18.7.